The minimum absolute atomic E-state index is 0.0765. The van der Waals surface area contributed by atoms with E-state index >= 15 is 0 Å². The quantitative estimate of drug-likeness (QED) is 0.646. The largest absolute Gasteiger partial charge is 0.291 e. The van der Waals surface area contributed by atoms with Crippen molar-refractivity contribution >= 4 is 33.3 Å². The maximum absolute atomic E-state index is 11.8. The zero-order valence-corrected chi connectivity index (χ0v) is 11.4. The zero-order chi connectivity index (χ0) is 12.4. The van der Waals surface area contributed by atoms with Gasteiger partial charge in [0.2, 0.25) is 0 Å². The van der Waals surface area contributed by atoms with Gasteiger partial charge in [-0.3, -0.25) is 4.79 Å². The molecule has 1 aromatic carbocycles. The molecule has 0 atom stereocenters. The molecular weight excluding hydrogens is 305 g/mol. The van der Waals surface area contributed by atoms with Crippen molar-refractivity contribution in [1.29, 1.82) is 0 Å². The van der Waals surface area contributed by atoms with Crippen molar-refractivity contribution in [1.82, 2.24) is 15.0 Å². The van der Waals surface area contributed by atoms with E-state index in [1.807, 2.05) is 18.2 Å². The normalized spacial score (nSPS) is 10.5. The topological polar surface area (TPSA) is 47.8 Å². The molecule has 0 aliphatic carbocycles. The summed E-state index contributed by atoms with van der Waals surface area (Å²) < 4.78 is 1.46. The molecule has 0 unspecified atom stereocenters. The number of nitrogens with zero attached hydrogens (tertiary/aromatic N) is 3. The van der Waals surface area contributed by atoms with Crippen LogP contribution in [0, 0.1) is 0 Å². The van der Waals surface area contributed by atoms with Crippen LogP contribution in [-0.4, -0.2) is 26.1 Å². The average Bonchev–Trinajstić information content (AvgIpc) is 2.71. The Hall–Kier alpha value is -1.20. The molecule has 2 rings (SSSR count). The molecule has 0 saturated carbocycles. The summed E-state index contributed by atoms with van der Waals surface area (Å²) >= 11 is 9.23. The first-order valence-electron chi connectivity index (χ1n) is 4.89. The van der Waals surface area contributed by atoms with Crippen LogP contribution < -0.4 is 0 Å². The van der Waals surface area contributed by atoms with Crippen molar-refractivity contribution in [2.45, 2.75) is 0 Å². The molecule has 1 aromatic heterocycles. The molecule has 0 fully saturated rings. The fourth-order valence-corrected chi connectivity index (χ4v) is 2.06. The Bertz CT molecular complexity index is 568. The summed E-state index contributed by atoms with van der Waals surface area (Å²) in [4.78, 5) is 11.8. The third kappa shape index (κ3) is 2.25. The third-order valence-electron chi connectivity index (χ3n) is 2.34. The summed E-state index contributed by atoms with van der Waals surface area (Å²) in [6.07, 6.45) is 0. The summed E-state index contributed by atoms with van der Waals surface area (Å²) in [6, 6.07) is 7.25. The van der Waals surface area contributed by atoms with Gasteiger partial charge in [0.05, 0.1) is 10.4 Å². The Morgan fingerprint density at radius 2 is 2.18 bits per heavy atom. The van der Waals surface area contributed by atoms with E-state index in [0.717, 1.165) is 0 Å². The molecule has 0 aliphatic rings. The Morgan fingerprint density at radius 3 is 2.82 bits per heavy atom. The van der Waals surface area contributed by atoms with Crippen molar-refractivity contribution in [2.75, 3.05) is 5.33 Å². The number of carbonyl (C=O) groups is 1. The summed E-state index contributed by atoms with van der Waals surface area (Å²) in [5.41, 5.74) is 1.68. The van der Waals surface area contributed by atoms with Crippen LogP contribution in [0.3, 0.4) is 0 Å². The van der Waals surface area contributed by atoms with Crippen LogP contribution in [0.1, 0.15) is 10.5 Å². The maximum Gasteiger partial charge on any atom is 0.193 e. The predicted molar refractivity (Wildman–Crippen MR) is 69.6 cm³/mol. The average molecular weight is 315 g/mol. The zero-order valence-electron chi connectivity index (χ0n) is 9.02. The number of Topliss-reactive ketones (excluding diaryl/α,β-unsaturated/α-hetero) is 1. The van der Waals surface area contributed by atoms with Crippen molar-refractivity contribution in [3.05, 3.63) is 35.0 Å². The Labute approximate surface area is 112 Å². The van der Waals surface area contributed by atoms with Gasteiger partial charge in [-0.25, -0.2) is 4.68 Å². The van der Waals surface area contributed by atoms with Crippen LogP contribution in [0.25, 0.3) is 11.3 Å². The van der Waals surface area contributed by atoms with Crippen LogP contribution >= 0.6 is 27.5 Å². The van der Waals surface area contributed by atoms with Gasteiger partial charge in [-0.2, -0.15) is 0 Å². The number of hydrogen-bond acceptors (Lipinski definition) is 3. The number of rotatable bonds is 3. The molecular formula is C11H9BrClN3O. The molecule has 0 saturated heterocycles. The van der Waals surface area contributed by atoms with Gasteiger partial charge in [0, 0.05) is 12.6 Å². The van der Waals surface area contributed by atoms with E-state index in [4.69, 9.17) is 11.6 Å². The second-order valence-electron chi connectivity index (χ2n) is 3.45. The van der Waals surface area contributed by atoms with Crippen molar-refractivity contribution in [3.63, 3.8) is 0 Å². The van der Waals surface area contributed by atoms with Gasteiger partial charge in [-0.1, -0.05) is 50.9 Å². The summed E-state index contributed by atoms with van der Waals surface area (Å²) in [6.45, 7) is 0. The molecule has 0 spiro atoms. The van der Waals surface area contributed by atoms with Gasteiger partial charge in [-0.05, 0) is 6.07 Å². The maximum atomic E-state index is 11.8. The first-order chi connectivity index (χ1) is 8.15. The fraction of sp³-hybridized carbons (Fsp3) is 0.182. The molecule has 6 heteroatoms. The van der Waals surface area contributed by atoms with Crippen LogP contribution in [0.4, 0.5) is 0 Å². The molecule has 0 bridgehead atoms. The van der Waals surface area contributed by atoms with Gasteiger partial charge >= 0.3 is 0 Å². The van der Waals surface area contributed by atoms with Gasteiger partial charge in [0.15, 0.2) is 5.78 Å². The van der Waals surface area contributed by atoms with E-state index in [2.05, 4.69) is 26.2 Å². The monoisotopic (exact) mass is 313 g/mol. The minimum Gasteiger partial charge on any atom is -0.291 e. The number of carbonyl (C=O) groups excluding carboxylic acids is 1. The SMILES string of the molecule is Cn1nnc(-c2ccccc2Cl)c1C(=O)CBr. The standard InChI is InChI=1S/C11H9BrClN3O/c1-16-11(9(17)6-12)10(14-15-16)7-4-2-3-5-8(7)13/h2-5H,6H2,1H3. The molecule has 0 N–H and O–H groups in total. The van der Waals surface area contributed by atoms with Crippen LogP contribution in [0.5, 0.6) is 0 Å². The second-order valence-corrected chi connectivity index (χ2v) is 4.41. The number of aryl methyl sites for hydroxylation is 1. The van der Waals surface area contributed by atoms with E-state index in [1.54, 1.807) is 13.1 Å². The van der Waals surface area contributed by atoms with Crippen molar-refractivity contribution in [3.8, 4) is 11.3 Å². The van der Waals surface area contributed by atoms with E-state index < -0.39 is 0 Å². The summed E-state index contributed by atoms with van der Waals surface area (Å²) in [7, 11) is 1.68. The highest BCUT2D eigenvalue weighted by Gasteiger charge is 2.20. The summed E-state index contributed by atoms with van der Waals surface area (Å²) in [5.74, 6) is -0.0765. The van der Waals surface area contributed by atoms with Crippen LogP contribution in [0.2, 0.25) is 5.02 Å². The third-order valence-corrected chi connectivity index (χ3v) is 3.18. The highest BCUT2D eigenvalue weighted by atomic mass is 79.9. The lowest BCUT2D eigenvalue weighted by Gasteiger charge is -2.03. The van der Waals surface area contributed by atoms with Gasteiger partial charge < -0.3 is 0 Å². The molecule has 1 heterocycles. The lowest BCUT2D eigenvalue weighted by molar-refractivity contribution is 0.101. The number of aromatic nitrogens is 3. The second kappa shape index (κ2) is 4.98. The van der Waals surface area contributed by atoms with Crippen LogP contribution in [0.15, 0.2) is 24.3 Å². The molecule has 2 aromatic rings. The van der Waals surface area contributed by atoms with E-state index in [-0.39, 0.29) is 11.1 Å². The molecule has 4 nitrogen and oxygen atoms in total. The molecule has 0 radical (unpaired) electrons. The van der Waals surface area contributed by atoms with Crippen molar-refractivity contribution < 1.29 is 4.79 Å². The highest BCUT2D eigenvalue weighted by molar-refractivity contribution is 9.09. The van der Waals surface area contributed by atoms with Gasteiger partial charge in [0.1, 0.15) is 11.4 Å². The van der Waals surface area contributed by atoms with Crippen LogP contribution in [-0.2, 0) is 7.05 Å². The molecule has 0 aliphatic heterocycles. The first kappa shape index (κ1) is 12.3. The van der Waals surface area contributed by atoms with Gasteiger partial charge in [-0.15, -0.1) is 5.10 Å². The van der Waals surface area contributed by atoms with Crippen molar-refractivity contribution in [2.24, 2.45) is 7.05 Å². The minimum atomic E-state index is -0.0765. The highest BCUT2D eigenvalue weighted by Crippen LogP contribution is 2.28. The van der Waals surface area contributed by atoms with E-state index in [1.165, 1.54) is 4.68 Å². The predicted octanol–water partition coefficient (Wildman–Crippen LogP) is 2.71. The number of hydrogen-bond donors (Lipinski definition) is 0. The lowest BCUT2D eigenvalue weighted by Crippen LogP contribution is -2.09. The smallest absolute Gasteiger partial charge is 0.193 e. The first-order valence-corrected chi connectivity index (χ1v) is 6.39. The molecule has 0 amide bonds. The number of alkyl halides is 1. The number of halogens is 2. The molecule has 88 valence electrons. The van der Waals surface area contributed by atoms with Gasteiger partial charge in [0.25, 0.3) is 0 Å². The fourth-order valence-electron chi connectivity index (χ4n) is 1.57. The molecule has 17 heavy (non-hydrogen) atoms. The van der Waals surface area contributed by atoms with E-state index in [9.17, 15) is 4.79 Å². The number of benzene rings is 1. The number of ketones is 1. The Kier molecular flexibility index (Phi) is 3.59. The Morgan fingerprint density at radius 1 is 1.47 bits per heavy atom. The summed E-state index contributed by atoms with van der Waals surface area (Å²) in [5, 5.41) is 8.65. The van der Waals surface area contributed by atoms with E-state index in [0.29, 0.717) is 22.0 Å². The lowest BCUT2D eigenvalue weighted by atomic mass is 10.1. The Balaban J connectivity index is 2.61.